The van der Waals surface area contributed by atoms with Gasteiger partial charge in [-0.05, 0) is 25.2 Å². The normalized spacial score (nSPS) is 18.1. The van der Waals surface area contributed by atoms with Crippen molar-refractivity contribution in [2.24, 2.45) is 5.41 Å². The molecule has 17 heavy (non-hydrogen) atoms. The van der Waals surface area contributed by atoms with Crippen LogP contribution in [0.1, 0.15) is 38.2 Å². The van der Waals surface area contributed by atoms with Crippen molar-refractivity contribution < 1.29 is 0 Å². The second-order valence-electron chi connectivity index (χ2n) is 5.35. The van der Waals surface area contributed by atoms with E-state index in [2.05, 4.69) is 27.5 Å². The summed E-state index contributed by atoms with van der Waals surface area (Å²) in [5, 5.41) is 6.45. The van der Waals surface area contributed by atoms with Crippen molar-refractivity contribution in [3.8, 4) is 0 Å². The smallest absolute Gasteiger partial charge is 0.224 e. The molecular weight excluding hydrogens is 212 g/mol. The second-order valence-corrected chi connectivity index (χ2v) is 5.35. The minimum absolute atomic E-state index is 0.442. The van der Waals surface area contributed by atoms with Crippen molar-refractivity contribution in [3.05, 3.63) is 11.8 Å². The fourth-order valence-electron chi connectivity index (χ4n) is 2.44. The van der Waals surface area contributed by atoms with Crippen LogP contribution in [0.15, 0.2) is 6.20 Å². The van der Waals surface area contributed by atoms with Crippen LogP contribution in [0.2, 0.25) is 0 Å². The van der Waals surface area contributed by atoms with Crippen molar-refractivity contribution in [2.45, 2.75) is 39.5 Å². The fourth-order valence-corrected chi connectivity index (χ4v) is 2.44. The third-order valence-electron chi connectivity index (χ3n) is 3.69. The Balaban J connectivity index is 2.02. The standard InChI is InChI=1S/C13H22N4/c1-10-8-15-12(14-3)17-11(10)16-9-13(2)6-4-5-7-13/h8H,4-7,9H2,1-3H3,(H2,14,15,16,17). The highest BCUT2D eigenvalue weighted by atomic mass is 15.1. The van der Waals surface area contributed by atoms with E-state index in [0.29, 0.717) is 11.4 Å². The SMILES string of the molecule is CNc1ncc(C)c(NCC2(C)CCCC2)n1. The van der Waals surface area contributed by atoms with Gasteiger partial charge in [-0.1, -0.05) is 19.8 Å². The molecular formula is C13H22N4. The molecule has 1 aromatic rings. The molecule has 2 rings (SSSR count). The molecule has 0 radical (unpaired) electrons. The number of rotatable bonds is 4. The Hall–Kier alpha value is -1.32. The number of hydrogen-bond acceptors (Lipinski definition) is 4. The third-order valence-corrected chi connectivity index (χ3v) is 3.69. The van der Waals surface area contributed by atoms with Crippen LogP contribution in [0.25, 0.3) is 0 Å². The Bertz CT molecular complexity index is 383. The van der Waals surface area contributed by atoms with Crippen molar-refractivity contribution in [3.63, 3.8) is 0 Å². The number of aryl methyl sites for hydroxylation is 1. The quantitative estimate of drug-likeness (QED) is 0.841. The van der Waals surface area contributed by atoms with Crippen LogP contribution in [-0.2, 0) is 0 Å². The zero-order valence-electron chi connectivity index (χ0n) is 11.0. The summed E-state index contributed by atoms with van der Waals surface area (Å²) in [5.41, 5.74) is 1.54. The molecule has 0 aliphatic heterocycles. The lowest BCUT2D eigenvalue weighted by Gasteiger charge is -2.24. The van der Waals surface area contributed by atoms with Crippen LogP contribution >= 0.6 is 0 Å². The van der Waals surface area contributed by atoms with Crippen LogP contribution in [0, 0.1) is 12.3 Å². The molecule has 0 spiro atoms. The van der Waals surface area contributed by atoms with Gasteiger partial charge in [-0.25, -0.2) is 4.98 Å². The van der Waals surface area contributed by atoms with E-state index in [0.717, 1.165) is 17.9 Å². The summed E-state index contributed by atoms with van der Waals surface area (Å²) in [6.07, 6.45) is 7.23. The molecule has 0 atom stereocenters. The maximum absolute atomic E-state index is 4.45. The first-order valence-electron chi connectivity index (χ1n) is 6.38. The summed E-state index contributed by atoms with van der Waals surface area (Å²) >= 11 is 0. The van der Waals surface area contributed by atoms with Gasteiger partial charge < -0.3 is 10.6 Å². The maximum atomic E-state index is 4.45. The van der Waals surface area contributed by atoms with E-state index < -0.39 is 0 Å². The molecule has 94 valence electrons. The lowest BCUT2D eigenvalue weighted by molar-refractivity contribution is 0.361. The van der Waals surface area contributed by atoms with E-state index in [1.54, 1.807) is 0 Å². The van der Waals surface area contributed by atoms with Gasteiger partial charge in [0.25, 0.3) is 0 Å². The largest absolute Gasteiger partial charge is 0.369 e. The van der Waals surface area contributed by atoms with Gasteiger partial charge in [0.1, 0.15) is 5.82 Å². The van der Waals surface area contributed by atoms with Crippen LogP contribution in [0.3, 0.4) is 0 Å². The Morgan fingerprint density at radius 3 is 2.71 bits per heavy atom. The van der Waals surface area contributed by atoms with Crippen LogP contribution in [0.4, 0.5) is 11.8 Å². The monoisotopic (exact) mass is 234 g/mol. The maximum Gasteiger partial charge on any atom is 0.224 e. The number of aromatic nitrogens is 2. The highest BCUT2D eigenvalue weighted by Gasteiger charge is 2.28. The molecule has 4 heteroatoms. The predicted molar refractivity (Wildman–Crippen MR) is 71.4 cm³/mol. The highest BCUT2D eigenvalue weighted by molar-refractivity contribution is 5.46. The van der Waals surface area contributed by atoms with Crippen LogP contribution in [0.5, 0.6) is 0 Å². The van der Waals surface area contributed by atoms with E-state index in [9.17, 15) is 0 Å². The zero-order valence-corrected chi connectivity index (χ0v) is 11.0. The molecule has 0 bridgehead atoms. The lowest BCUT2D eigenvalue weighted by Crippen LogP contribution is -2.24. The first-order chi connectivity index (χ1) is 8.13. The van der Waals surface area contributed by atoms with Gasteiger partial charge >= 0.3 is 0 Å². The average Bonchev–Trinajstić information content (AvgIpc) is 2.76. The molecule has 2 N–H and O–H groups in total. The molecule has 4 nitrogen and oxygen atoms in total. The number of nitrogens with zero attached hydrogens (tertiary/aromatic N) is 2. The minimum Gasteiger partial charge on any atom is -0.369 e. The Labute approximate surface area is 103 Å². The Morgan fingerprint density at radius 2 is 2.06 bits per heavy atom. The number of anilines is 2. The van der Waals surface area contributed by atoms with E-state index >= 15 is 0 Å². The summed E-state index contributed by atoms with van der Waals surface area (Å²) in [6, 6.07) is 0. The predicted octanol–water partition coefficient (Wildman–Crippen LogP) is 2.82. The van der Waals surface area contributed by atoms with Gasteiger partial charge in [-0.2, -0.15) is 4.98 Å². The molecule has 0 aromatic carbocycles. The Morgan fingerprint density at radius 1 is 1.35 bits per heavy atom. The van der Waals surface area contributed by atoms with Crippen molar-refractivity contribution >= 4 is 11.8 Å². The molecule has 1 fully saturated rings. The number of nitrogens with one attached hydrogen (secondary N) is 2. The van der Waals surface area contributed by atoms with Gasteiger partial charge in [0.2, 0.25) is 5.95 Å². The summed E-state index contributed by atoms with van der Waals surface area (Å²) < 4.78 is 0. The summed E-state index contributed by atoms with van der Waals surface area (Å²) in [4.78, 5) is 8.64. The highest BCUT2D eigenvalue weighted by Crippen LogP contribution is 2.37. The second kappa shape index (κ2) is 4.90. The summed E-state index contributed by atoms with van der Waals surface area (Å²) in [6.45, 7) is 5.41. The minimum atomic E-state index is 0.442. The van der Waals surface area contributed by atoms with Crippen LogP contribution < -0.4 is 10.6 Å². The zero-order chi connectivity index (χ0) is 12.3. The van der Waals surface area contributed by atoms with E-state index in [1.165, 1.54) is 25.7 Å². The molecule has 1 aromatic heterocycles. The van der Waals surface area contributed by atoms with Crippen molar-refractivity contribution in [1.29, 1.82) is 0 Å². The van der Waals surface area contributed by atoms with Gasteiger partial charge in [0, 0.05) is 25.4 Å². The van der Waals surface area contributed by atoms with Gasteiger partial charge in [-0.15, -0.1) is 0 Å². The van der Waals surface area contributed by atoms with Crippen molar-refractivity contribution in [1.82, 2.24) is 9.97 Å². The van der Waals surface area contributed by atoms with Gasteiger partial charge in [-0.3, -0.25) is 0 Å². The molecule has 1 saturated carbocycles. The molecule has 0 saturated heterocycles. The molecule has 1 heterocycles. The molecule has 1 aliphatic rings. The molecule has 1 aliphatic carbocycles. The van der Waals surface area contributed by atoms with E-state index in [-0.39, 0.29) is 0 Å². The fraction of sp³-hybridized carbons (Fsp3) is 0.692. The summed E-state index contributed by atoms with van der Waals surface area (Å²) in [7, 11) is 1.84. The van der Waals surface area contributed by atoms with Gasteiger partial charge in [0.05, 0.1) is 0 Å². The topological polar surface area (TPSA) is 49.8 Å². The van der Waals surface area contributed by atoms with Gasteiger partial charge in [0.15, 0.2) is 0 Å². The van der Waals surface area contributed by atoms with E-state index in [4.69, 9.17) is 0 Å². The lowest BCUT2D eigenvalue weighted by atomic mass is 9.89. The first kappa shape index (κ1) is 12.1. The van der Waals surface area contributed by atoms with Crippen molar-refractivity contribution in [2.75, 3.05) is 24.2 Å². The third kappa shape index (κ3) is 2.87. The molecule has 0 amide bonds. The first-order valence-corrected chi connectivity index (χ1v) is 6.38. The number of hydrogen-bond donors (Lipinski definition) is 2. The van der Waals surface area contributed by atoms with Crippen LogP contribution in [-0.4, -0.2) is 23.6 Å². The molecule has 0 unspecified atom stereocenters. The summed E-state index contributed by atoms with van der Waals surface area (Å²) in [5.74, 6) is 1.63. The van der Waals surface area contributed by atoms with E-state index in [1.807, 2.05) is 20.2 Å². The Kier molecular flexibility index (Phi) is 3.50. The average molecular weight is 234 g/mol.